The summed E-state index contributed by atoms with van der Waals surface area (Å²) in [4.78, 5) is 18.2. The first-order valence-electron chi connectivity index (χ1n) is 10.2. The molecule has 3 aromatic heterocycles. The lowest BCUT2D eigenvalue weighted by Gasteiger charge is -2.12. The topological polar surface area (TPSA) is 107 Å². The summed E-state index contributed by atoms with van der Waals surface area (Å²) in [6.07, 6.45) is 1.72. The van der Waals surface area contributed by atoms with Crippen LogP contribution in [0.1, 0.15) is 18.3 Å². The number of fused-ring (bicyclic) bond motifs is 1. The molecule has 0 aliphatic rings. The number of nitrogens with one attached hydrogen (secondary N) is 1. The molecule has 33 heavy (non-hydrogen) atoms. The summed E-state index contributed by atoms with van der Waals surface area (Å²) in [5, 5.41) is 3.85. The first-order valence-corrected chi connectivity index (χ1v) is 11.9. The lowest BCUT2D eigenvalue weighted by atomic mass is 10.1. The second kappa shape index (κ2) is 9.55. The molecule has 0 saturated carbocycles. The Bertz CT molecular complexity index is 1400. The van der Waals surface area contributed by atoms with Crippen LogP contribution in [0.25, 0.3) is 22.4 Å². The van der Waals surface area contributed by atoms with E-state index in [1.54, 1.807) is 18.3 Å². The molecule has 1 N–H and O–H groups in total. The number of alkyl halides is 1. The third-order valence-corrected chi connectivity index (χ3v) is 6.19. The van der Waals surface area contributed by atoms with Crippen LogP contribution in [0.2, 0.25) is 0 Å². The van der Waals surface area contributed by atoms with Crippen LogP contribution >= 0.6 is 0 Å². The van der Waals surface area contributed by atoms with Gasteiger partial charge in [-0.15, -0.1) is 0 Å². The van der Waals surface area contributed by atoms with Crippen molar-refractivity contribution in [3.8, 4) is 11.4 Å². The van der Waals surface area contributed by atoms with Gasteiger partial charge in [0.25, 0.3) is 0 Å². The number of aryl methyl sites for hydroxylation is 1. The number of hydrogen-bond acceptors (Lipinski definition) is 8. The minimum Gasteiger partial charge on any atom is -0.374 e. The SMILES string of the molecule is CCOCc1nc(Nc2ccc(S(=O)(=O)CF)cc2)c2ccc(-c3ncccc3C)nc2n1. The van der Waals surface area contributed by atoms with Crippen molar-refractivity contribution in [1.82, 2.24) is 19.9 Å². The van der Waals surface area contributed by atoms with Crippen LogP contribution in [0, 0.1) is 6.92 Å². The molecule has 0 bridgehead atoms. The van der Waals surface area contributed by atoms with E-state index in [0.717, 1.165) is 11.3 Å². The fourth-order valence-corrected chi connectivity index (χ4v) is 3.92. The number of pyridine rings is 2. The number of rotatable bonds is 8. The molecule has 0 spiro atoms. The van der Waals surface area contributed by atoms with Gasteiger partial charge in [-0.2, -0.15) is 0 Å². The Morgan fingerprint density at radius 2 is 1.82 bits per heavy atom. The van der Waals surface area contributed by atoms with Gasteiger partial charge in [-0.3, -0.25) is 4.98 Å². The Hall–Kier alpha value is -3.50. The Morgan fingerprint density at radius 1 is 1.03 bits per heavy atom. The van der Waals surface area contributed by atoms with E-state index < -0.39 is 15.8 Å². The van der Waals surface area contributed by atoms with Crippen LogP contribution in [-0.4, -0.2) is 41.0 Å². The van der Waals surface area contributed by atoms with Gasteiger partial charge in [0, 0.05) is 18.5 Å². The van der Waals surface area contributed by atoms with Gasteiger partial charge in [0.15, 0.2) is 17.5 Å². The number of nitrogens with zero attached hydrogens (tertiary/aromatic N) is 4. The normalized spacial score (nSPS) is 11.6. The van der Waals surface area contributed by atoms with E-state index >= 15 is 0 Å². The van der Waals surface area contributed by atoms with Crippen molar-refractivity contribution in [2.24, 2.45) is 0 Å². The summed E-state index contributed by atoms with van der Waals surface area (Å²) in [7, 11) is -3.93. The molecule has 0 radical (unpaired) electrons. The van der Waals surface area contributed by atoms with Crippen molar-refractivity contribution in [2.45, 2.75) is 25.3 Å². The molecule has 0 unspecified atom stereocenters. The lowest BCUT2D eigenvalue weighted by molar-refractivity contribution is 0.128. The average Bonchev–Trinajstić information content (AvgIpc) is 2.83. The van der Waals surface area contributed by atoms with Crippen LogP contribution in [0.15, 0.2) is 59.6 Å². The second-order valence-electron chi connectivity index (χ2n) is 7.24. The summed E-state index contributed by atoms with van der Waals surface area (Å²) in [5.74, 6) is 0.943. The molecular formula is C23H22FN5O3S. The number of benzene rings is 1. The molecule has 10 heteroatoms. The molecule has 0 amide bonds. The Balaban J connectivity index is 1.75. The fourth-order valence-electron chi connectivity index (χ4n) is 3.24. The van der Waals surface area contributed by atoms with E-state index in [-0.39, 0.29) is 11.5 Å². The van der Waals surface area contributed by atoms with E-state index in [9.17, 15) is 12.8 Å². The summed E-state index contributed by atoms with van der Waals surface area (Å²) in [6.45, 7) is 4.57. The number of anilines is 2. The fraction of sp³-hybridized carbons (Fsp3) is 0.217. The monoisotopic (exact) mass is 467 g/mol. The Kier molecular flexibility index (Phi) is 6.57. The predicted molar refractivity (Wildman–Crippen MR) is 124 cm³/mol. The van der Waals surface area contributed by atoms with Crippen molar-refractivity contribution in [2.75, 3.05) is 17.9 Å². The zero-order valence-electron chi connectivity index (χ0n) is 18.1. The molecule has 170 valence electrons. The van der Waals surface area contributed by atoms with Gasteiger partial charge in [0.1, 0.15) is 12.4 Å². The molecular weight excluding hydrogens is 445 g/mol. The van der Waals surface area contributed by atoms with Crippen molar-refractivity contribution >= 4 is 32.4 Å². The van der Waals surface area contributed by atoms with Crippen molar-refractivity contribution in [1.29, 1.82) is 0 Å². The van der Waals surface area contributed by atoms with E-state index in [1.807, 2.05) is 38.1 Å². The van der Waals surface area contributed by atoms with Crippen LogP contribution in [0.4, 0.5) is 15.9 Å². The van der Waals surface area contributed by atoms with Crippen LogP contribution < -0.4 is 5.32 Å². The number of halogens is 1. The van der Waals surface area contributed by atoms with Crippen LogP contribution in [0.3, 0.4) is 0 Å². The molecule has 1 aromatic carbocycles. The quantitative estimate of drug-likeness (QED) is 0.407. The summed E-state index contributed by atoms with van der Waals surface area (Å²) < 4.78 is 41.7. The Morgan fingerprint density at radius 3 is 2.52 bits per heavy atom. The third-order valence-electron chi connectivity index (χ3n) is 4.91. The molecule has 0 saturated heterocycles. The van der Waals surface area contributed by atoms with Crippen molar-refractivity contribution < 1.29 is 17.5 Å². The predicted octanol–water partition coefficient (Wildman–Crippen LogP) is 4.38. The van der Waals surface area contributed by atoms with Gasteiger partial charge >= 0.3 is 0 Å². The zero-order chi connectivity index (χ0) is 23.4. The number of ether oxygens (including phenoxy) is 1. The molecule has 4 rings (SSSR count). The molecule has 0 aliphatic heterocycles. The van der Waals surface area contributed by atoms with Gasteiger partial charge in [0.05, 0.1) is 21.7 Å². The maximum absolute atomic E-state index is 12.8. The molecule has 8 nitrogen and oxygen atoms in total. The maximum Gasteiger partial charge on any atom is 0.207 e. The van der Waals surface area contributed by atoms with Gasteiger partial charge in [0.2, 0.25) is 9.84 Å². The van der Waals surface area contributed by atoms with E-state index in [0.29, 0.717) is 40.7 Å². The largest absolute Gasteiger partial charge is 0.374 e. The first kappa shape index (κ1) is 22.7. The first-order chi connectivity index (χ1) is 15.9. The number of sulfone groups is 1. The standard InChI is InChI=1S/C23H22FN5O3S/c1-3-32-13-20-28-22(26-16-6-8-17(9-7-16)33(30,31)14-24)18-10-11-19(27-23(18)29-20)21-15(2)5-4-12-25-21/h4-12H,3,13-14H2,1-2H3,(H,26,27,28,29). The molecule has 0 fully saturated rings. The Labute approximate surface area is 190 Å². The number of hydrogen-bond donors (Lipinski definition) is 1. The van der Waals surface area contributed by atoms with Gasteiger partial charge < -0.3 is 10.1 Å². The highest BCUT2D eigenvalue weighted by atomic mass is 32.2. The average molecular weight is 468 g/mol. The molecule has 0 aliphatic carbocycles. The van der Waals surface area contributed by atoms with Gasteiger partial charge in [-0.25, -0.2) is 27.8 Å². The summed E-state index contributed by atoms with van der Waals surface area (Å²) in [6, 6.07) is 11.9. The highest BCUT2D eigenvalue weighted by Crippen LogP contribution is 2.27. The van der Waals surface area contributed by atoms with Crippen LogP contribution in [-0.2, 0) is 21.2 Å². The zero-order valence-corrected chi connectivity index (χ0v) is 18.9. The number of aromatic nitrogens is 4. The van der Waals surface area contributed by atoms with Crippen LogP contribution in [0.5, 0.6) is 0 Å². The highest BCUT2D eigenvalue weighted by molar-refractivity contribution is 7.91. The highest BCUT2D eigenvalue weighted by Gasteiger charge is 2.15. The minimum atomic E-state index is -3.93. The summed E-state index contributed by atoms with van der Waals surface area (Å²) in [5.41, 5.74) is 3.51. The third kappa shape index (κ3) is 4.96. The molecule has 4 aromatic rings. The maximum atomic E-state index is 12.8. The molecule has 0 atom stereocenters. The van der Waals surface area contributed by atoms with E-state index in [2.05, 4.69) is 20.3 Å². The van der Waals surface area contributed by atoms with Gasteiger partial charge in [-0.1, -0.05) is 6.07 Å². The smallest absolute Gasteiger partial charge is 0.207 e. The van der Waals surface area contributed by atoms with E-state index in [4.69, 9.17) is 9.72 Å². The van der Waals surface area contributed by atoms with Gasteiger partial charge in [-0.05, 0) is 61.9 Å². The molecule has 3 heterocycles. The summed E-state index contributed by atoms with van der Waals surface area (Å²) >= 11 is 0. The van der Waals surface area contributed by atoms with E-state index in [1.165, 1.54) is 12.1 Å². The van der Waals surface area contributed by atoms with Crippen molar-refractivity contribution in [3.05, 3.63) is 66.1 Å². The lowest BCUT2D eigenvalue weighted by Crippen LogP contribution is -2.06. The van der Waals surface area contributed by atoms with Crippen molar-refractivity contribution in [3.63, 3.8) is 0 Å². The second-order valence-corrected chi connectivity index (χ2v) is 9.15. The minimum absolute atomic E-state index is 0.0860.